The number of carbonyl (C=O) groups excluding carboxylic acids is 3. The molecule has 0 N–H and O–H groups in total. The highest BCUT2D eigenvalue weighted by Crippen LogP contribution is 2.30. The number of hydrogen-bond donors (Lipinski definition) is 0. The van der Waals surface area contributed by atoms with Crippen molar-refractivity contribution in [1.29, 1.82) is 0 Å². The van der Waals surface area contributed by atoms with Gasteiger partial charge in [0.1, 0.15) is 6.61 Å². The summed E-state index contributed by atoms with van der Waals surface area (Å²) in [6.07, 6.45) is 2.23. The van der Waals surface area contributed by atoms with Gasteiger partial charge in [-0.3, -0.25) is 9.59 Å². The Balaban J connectivity index is 1.78. The molecule has 0 unspecified atom stereocenters. The largest absolute Gasteiger partial charge is 0.466 e. The summed E-state index contributed by atoms with van der Waals surface area (Å²) in [7, 11) is 0. The molecule has 0 saturated heterocycles. The smallest absolute Gasteiger partial charge is 0.375 e. The van der Waals surface area contributed by atoms with Crippen LogP contribution in [-0.4, -0.2) is 24.3 Å². The van der Waals surface area contributed by atoms with E-state index in [-0.39, 0.29) is 24.4 Å². The molecule has 0 aromatic heterocycles. The first-order chi connectivity index (χ1) is 11.1. The van der Waals surface area contributed by atoms with Crippen LogP contribution in [0.15, 0.2) is 30.3 Å². The second-order valence-electron chi connectivity index (χ2n) is 5.73. The second kappa shape index (κ2) is 8.46. The molecule has 1 aromatic carbocycles. The molecular weight excluding hydrogens is 296 g/mol. The number of carbonyl (C=O) groups is 3. The average molecular weight is 318 g/mol. The van der Waals surface area contributed by atoms with Gasteiger partial charge in [-0.25, -0.2) is 4.79 Å². The van der Waals surface area contributed by atoms with Crippen LogP contribution >= 0.6 is 0 Å². The van der Waals surface area contributed by atoms with Crippen molar-refractivity contribution in [2.24, 2.45) is 11.8 Å². The maximum Gasteiger partial charge on any atom is 0.375 e. The Labute approximate surface area is 136 Å². The first kappa shape index (κ1) is 17.2. The second-order valence-corrected chi connectivity index (χ2v) is 5.73. The molecular formula is C18H22O5. The van der Waals surface area contributed by atoms with Gasteiger partial charge in [-0.2, -0.15) is 0 Å². The standard InChI is InChI=1S/C18H22O5/c1-2-22-17(20)15-10-8-14(9-11-15)16(19)18(21)23-12-13-6-4-3-5-7-13/h3-7,14-15H,2,8-12H2,1H3. The summed E-state index contributed by atoms with van der Waals surface area (Å²) >= 11 is 0. The van der Waals surface area contributed by atoms with Crippen LogP contribution in [0.2, 0.25) is 0 Å². The molecule has 0 aliphatic heterocycles. The fourth-order valence-corrected chi connectivity index (χ4v) is 2.81. The molecule has 2 rings (SSSR count). The van der Waals surface area contributed by atoms with E-state index in [9.17, 15) is 14.4 Å². The molecule has 0 heterocycles. The molecule has 1 aliphatic carbocycles. The van der Waals surface area contributed by atoms with E-state index in [4.69, 9.17) is 9.47 Å². The molecule has 23 heavy (non-hydrogen) atoms. The lowest BCUT2D eigenvalue weighted by Crippen LogP contribution is -2.31. The summed E-state index contributed by atoms with van der Waals surface area (Å²) in [5.41, 5.74) is 0.847. The molecule has 1 saturated carbocycles. The third kappa shape index (κ3) is 4.91. The van der Waals surface area contributed by atoms with Crippen molar-refractivity contribution in [1.82, 2.24) is 0 Å². The van der Waals surface area contributed by atoms with Gasteiger partial charge in [0.15, 0.2) is 0 Å². The maximum atomic E-state index is 12.1. The van der Waals surface area contributed by atoms with Gasteiger partial charge in [0.2, 0.25) is 5.78 Å². The van der Waals surface area contributed by atoms with Gasteiger partial charge in [-0.1, -0.05) is 30.3 Å². The van der Waals surface area contributed by atoms with Crippen LogP contribution in [0.3, 0.4) is 0 Å². The van der Waals surface area contributed by atoms with Crippen molar-refractivity contribution in [3.05, 3.63) is 35.9 Å². The van der Waals surface area contributed by atoms with Gasteiger partial charge in [0.25, 0.3) is 0 Å². The van der Waals surface area contributed by atoms with Crippen LogP contribution in [0, 0.1) is 11.8 Å². The SMILES string of the molecule is CCOC(=O)C1CCC(C(=O)C(=O)OCc2ccccc2)CC1. The zero-order valence-electron chi connectivity index (χ0n) is 13.3. The highest BCUT2D eigenvalue weighted by Gasteiger charge is 2.33. The van der Waals surface area contributed by atoms with Crippen LogP contribution in [0.1, 0.15) is 38.2 Å². The van der Waals surface area contributed by atoms with Gasteiger partial charge in [-0.05, 0) is 38.2 Å². The lowest BCUT2D eigenvalue weighted by molar-refractivity contribution is -0.158. The summed E-state index contributed by atoms with van der Waals surface area (Å²) in [6.45, 7) is 2.24. The summed E-state index contributed by atoms with van der Waals surface area (Å²) < 4.78 is 10.1. The number of hydrogen-bond acceptors (Lipinski definition) is 5. The third-order valence-electron chi connectivity index (χ3n) is 4.13. The van der Waals surface area contributed by atoms with Gasteiger partial charge < -0.3 is 9.47 Å². The minimum absolute atomic E-state index is 0.101. The summed E-state index contributed by atoms with van der Waals surface area (Å²) in [5, 5.41) is 0. The number of Topliss-reactive ketones (excluding diaryl/α,β-unsaturated/α-hetero) is 1. The predicted octanol–water partition coefficient (Wildman–Crippen LogP) is 2.67. The van der Waals surface area contributed by atoms with Crippen molar-refractivity contribution >= 4 is 17.7 Å². The molecule has 0 amide bonds. The van der Waals surface area contributed by atoms with E-state index in [1.807, 2.05) is 30.3 Å². The van der Waals surface area contributed by atoms with E-state index < -0.39 is 11.8 Å². The zero-order chi connectivity index (χ0) is 16.7. The molecule has 0 atom stereocenters. The van der Waals surface area contributed by atoms with Gasteiger partial charge in [0, 0.05) is 5.92 Å². The Morgan fingerprint density at radius 1 is 0.957 bits per heavy atom. The Morgan fingerprint density at radius 2 is 1.57 bits per heavy atom. The number of ketones is 1. The Hall–Kier alpha value is -2.17. The molecule has 1 aromatic rings. The van der Waals surface area contributed by atoms with E-state index in [2.05, 4.69) is 0 Å². The van der Waals surface area contributed by atoms with Crippen molar-refractivity contribution in [3.63, 3.8) is 0 Å². The molecule has 124 valence electrons. The number of benzene rings is 1. The molecule has 1 fully saturated rings. The van der Waals surface area contributed by atoms with E-state index in [0.717, 1.165) is 5.56 Å². The quantitative estimate of drug-likeness (QED) is 0.596. The Bertz CT molecular complexity index is 544. The van der Waals surface area contributed by atoms with E-state index in [1.54, 1.807) is 6.92 Å². The lowest BCUT2D eigenvalue weighted by Gasteiger charge is -2.25. The number of rotatable bonds is 6. The summed E-state index contributed by atoms with van der Waals surface area (Å²) in [4.78, 5) is 35.7. The first-order valence-electron chi connectivity index (χ1n) is 8.03. The Morgan fingerprint density at radius 3 is 2.17 bits per heavy atom. The van der Waals surface area contributed by atoms with Crippen LogP contribution in [0.4, 0.5) is 0 Å². The van der Waals surface area contributed by atoms with Crippen LogP contribution < -0.4 is 0 Å². The number of ether oxygens (including phenoxy) is 2. The van der Waals surface area contributed by atoms with Crippen molar-refractivity contribution in [2.45, 2.75) is 39.2 Å². The fourth-order valence-electron chi connectivity index (χ4n) is 2.81. The van der Waals surface area contributed by atoms with Crippen molar-refractivity contribution < 1.29 is 23.9 Å². The highest BCUT2D eigenvalue weighted by molar-refractivity contribution is 6.34. The summed E-state index contributed by atoms with van der Waals surface area (Å²) in [5.74, 6) is -1.97. The maximum absolute atomic E-state index is 12.1. The molecule has 0 bridgehead atoms. The van der Waals surface area contributed by atoms with Crippen LogP contribution in [-0.2, 0) is 30.5 Å². The zero-order valence-corrected chi connectivity index (χ0v) is 13.3. The van der Waals surface area contributed by atoms with Crippen LogP contribution in [0.5, 0.6) is 0 Å². The van der Waals surface area contributed by atoms with Gasteiger partial charge in [0.05, 0.1) is 12.5 Å². The molecule has 0 spiro atoms. The summed E-state index contributed by atoms with van der Waals surface area (Å²) in [6, 6.07) is 9.24. The average Bonchev–Trinajstić information content (AvgIpc) is 2.60. The lowest BCUT2D eigenvalue weighted by atomic mass is 9.80. The van der Waals surface area contributed by atoms with E-state index in [1.165, 1.54) is 0 Å². The minimum atomic E-state index is -0.784. The van der Waals surface area contributed by atoms with Gasteiger partial charge in [-0.15, -0.1) is 0 Å². The Kier molecular flexibility index (Phi) is 6.32. The third-order valence-corrected chi connectivity index (χ3v) is 4.13. The van der Waals surface area contributed by atoms with Crippen molar-refractivity contribution in [3.8, 4) is 0 Å². The first-order valence-corrected chi connectivity index (χ1v) is 8.03. The molecule has 1 aliphatic rings. The van der Waals surface area contributed by atoms with E-state index in [0.29, 0.717) is 32.3 Å². The molecule has 5 heteroatoms. The minimum Gasteiger partial charge on any atom is -0.466 e. The van der Waals surface area contributed by atoms with Gasteiger partial charge >= 0.3 is 11.9 Å². The van der Waals surface area contributed by atoms with Crippen molar-refractivity contribution in [2.75, 3.05) is 6.61 Å². The fraction of sp³-hybridized carbons (Fsp3) is 0.500. The normalized spacial score (nSPS) is 20.6. The topological polar surface area (TPSA) is 69.7 Å². The highest BCUT2D eigenvalue weighted by atomic mass is 16.5. The van der Waals surface area contributed by atoms with Crippen LogP contribution in [0.25, 0.3) is 0 Å². The molecule has 0 radical (unpaired) electrons. The molecule has 5 nitrogen and oxygen atoms in total. The monoisotopic (exact) mass is 318 g/mol. The number of esters is 2. The van der Waals surface area contributed by atoms with E-state index >= 15 is 0 Å². The predicted molar refractivity (Wildman–Crippen MR) is 83.3 cm³/mol.